The van der Waals surface area contributed by atoms with Gasteiger partial charge in [-0.05, 0) is 72.2 Å². The Balaban J connectivity index is 1.61. The molecule has 0 amide bonds. The molecule has 2 unspecified atom stereocenters. The monoisotopic (exact) mass is 501 g/mol. The minimum absolute atomic E-state index is 0.0380. The lowest BCUT2D eigenvalue weighted by Crippen LogP contribution is -2.27. The fourth-order valence-corrected chi connectivity index (χ4v) is 6.46. The molecule has 1 saturated heterocycles. The molecule has 0 aliphatic carbocycles. The van der Waals surface area contributed by atoms with E-state index >= 15 is 4.39 Å². The van der Waals surface area contributed by atoms with E-state index in [1.54, 1.807) is 22.5 Å². The number of benzene rings is 3. The zero-order valence-corrected chi connectivity index (χ0v) is 19.5. The molecular weight excluding hydrogens is 478 g/mol. The molecule has 0 saturated carbocycles. The number of carboxylic acid groups (broad SMARTS) is 1. The van der Waals surface area contributed by atoms with Crippen LogP contribution in [0.4, 0.5) is 17.6 Å². The second-order valence-corrected chi connectivity index (χ2v) is 10.2. The summed E-state index contributed by atoms with van der Waals surface area (Å²) in [6, 6.07) is 18.6. The van der Waals surface area contributed by atoms with E-state index in [1.807, 2.05) is 30.3 Å². The van der Waals surface area contributed by atoms with Crippen LogP contribution in [0.3, 0.4) is 0 Å². The highest BCUT2D eigenvalue weighted by molar-refractivity contribution is 7.97. The Kier molecular flexibility index (Phi) is 6.36. The largest absolute Gasteiger partial charge is 0.478 e. The van der Waals surface area contributed by atoms with E-state index in [2.05, 4.69) is 0 Å². The summed E-state index contributed by atoms with van der Waals surface area (Å²) in [7, 11) is 0. The van der Waals surface area contributed by atoms with Crippen molar-refractivity contribution in [2.45, 2.75) is 42.3 Å². The van der Waals surface area contributed by atoms with E-state index in [0.29, 0.717) is 23.3 Å². The number of rotatable bonds is 3. The molecule has 3 nitrogen and oxygen atoms in total. The zero-order valence-electron chi connectivity index (χ0n) is 18.6. The van der Waals surface area contributed by atoms with Crippen LogP contribution in [0.1, 0.15) is 46.7 Å². The van der Waals surface area contributed by atoms with Crippen LogP contribution in [0.25, 0.3) is 11.1 Å². The van der Waals surface area contributed by atoms with E-state index in [1.165, 1.54) is 30.1 Å². The van der Waals surface area contributed by atoms with Crippen molar-refractivity contribution in [3.63, 3.8) is 0 Å². The first-order valence-corrected chi connectivity index (χ1v) is 12.2. The predicted octanol–water partition coefficient (Wildman–Crippen LogP) is 7.38. The van der Waals surface area contributed by atoms with Gasteiger partial charge in [0.25, 0.3) is 0 Å². The maximum Gasteiger partial charge on any atom is 0.393 e. The topological polar surface area (TPSA) is 40.5 Å². The van der Waals surface area contributed by atoms with Gasteiger partial charge in [0.2, 0.25) is 0 Å². The zero-order chi connectivity index (χ0) is 24.7. The van der Waals surface area contributed by atoms with Crippen LogP contribution in [-0.4, -0.2) is 34.1 Å². The lowest BCUT2D eigenvalue weighted by molar-refractivity contribution is -0.169. The van der Waals surface area contributed by atoms with Crippen molar-refractivity contribution >= 4 is 17.9 Å². The molecule has 3 aromatic rings. The maximum absolute atomic E-state index is 15.5. The Labute approximate surface area is 204 Å². The van der Waals surface area contributed by atoms with Crippen molar-refractivity contribution in [2.24, 2.45) is 5.92 Å². The molecule has 2 heterocycles. The van der Waals surface area contributed by atoms with Crippen LogP contribution in [0.2, 0.25) is 0 Å². The Morgan fingerprint density at radius 1 is 1.00 bits per heavy atom. The van der Waals surface area contributed by atoms with Crippen molar-refractivity contribution in [3.05, 3.63) is 89.2 Å². The first-order valence-electron chi connectivity index (χ1n) is 11.4. The van der Waals surface area contributed by atoms with Gasteiger partial charge in [0.05, 0.1) is 11.5 Å². The summed E-state index contributed by atoms with van der Waals surface area (Å²) < 4.78 is 57.9. The average Bonchev–Trinajstić information content (AvgIpc) is 3.23. The second kappa shape index (κ2) is 9.32. The van der Waals surface area contributed by atoms with Gasteiger partial charge in [-0.1, -0.05) is 42.5 Å². The number of alkyl halides is 3. The molecule has 3 atom stereocenters. The number of fused-ring (bicyclic) bond motifs is 2. The predicted molar refractivity (Wildman–Crippen MR) is 127 cm³/mol. The van der Waals surface area contributed by atoms with Crippen molar-refractivity contribution in [3.8, 4) is 11.1 Å². The van der Waals surface area contributed by atoms with Gasteiger partial charge in [0, 0.05) is 29.0 Å². The van der Waals surface area contributed by atoms with Crippen LogP contribution in [0.15, 0.2) is 71.6 Å². The van der Waals surface area contributed by atoms with Gasteiger partial charge in [0.15, 0.2) is 0 Å². The molecular formula is C27H23F4NO2S. The number of nitrogens with zero attached hydrogens (tertiary/aromatic N) is 1. The summed E-state index contributed by atoms with van der Waals surface area (Å²) in [5.74, 6) is -3.14. The van der Waals surface area contributed by atoms with Crippen LogP contribution in [-0.2, 0) is 0 Å². The minimum Gasteiger partial charge on any atom is -0.478 e. The maximum atomic E-state index is 15.5. The molecule has 5 rings (SSSR count). The fourth-order valence-electron chi connectivity index (χ4n) is 5.13. The number of carboxylic acids is 1. The highest BCUT2D eigenvalue weighted by Gasteiger charge is 2.48. The third-order valence-electron chi connectivity index (χ3n) is 6.93. The molecule has 1 N–H and O–H groups in total. The molecule has 0 radical (unpaired) electrons. The highest BCUT2D eigenvalue weighted by atomic mass is 32.2. The third kappa shape index (κ3) is 4.82. The number of hydrogen-bond donors (Lipinski definition) is 1. The summed E-state index contributed by atoms with van der Waals surface area (Å²) >= 11 is 1.26. The van der Waals surface area contributed by atoms with Gasteiger partial charge in [-0.3, -0.25) is 0 Å². The Hall–Kier alpha value is -2.84. The Morgan fingerprint density at radius 2 is 1.77 bits per heavy atom. The van der Waals surface area contributed by atoms with Crippen LogP contribution < -0.4 is 0 Å². The molecule has 1 fully saturated rings. The first kappa shape index (κ1) is 23.9. The number of carbonyl (C=O) groups is 1. The standard InChI is InChI=1S/C27H23F4NO2S/c28-24-13-23-21(16-5-2-1-3-6-16)10-9-20-12-19(27(29,30)31)15-32(20)35-25(23)14-22(24)17-7-4-8-18(11-17)26(33)34/h1-8,11,13-14,19-21H,9-10,12,15H2,(H,33,34)/t19-,20?,21?/m1/s1. The number of halogens is 4. The van der Waals surface area contributed by atoms with Gasteiger partial charge < -0.3 is 5.11 Å². The van der Waals surface area contributed by atoms with Gasteiger partial charge in [-0.15, -0.1) is 0 Å². The van der Waals surface area contributed by atoms with Crippen LogP contribution >= 0.6 is 11.9 Å². The van der Waals surface area contributed by atoms with E-state index in [4.69, 9.17) is 0 Å². The molecule has 3 aromatic carbocycles. The smallest absolute Gasteiger partial charge is 0.393 e. The fraction of sp³-hybridized carbons (Fsp3) is 0.296. The number of hydrogen-bond acceptors (Lipinski definition) is 3. The van der Waals surface area contributed by atoms with E-state index in [9.17, 15) is 23.1 Å². The molecule has 8 heteroatoms. The van der Waals surface area contributed by atoms with Crippen molar-refractivity contribution in [2.75, 3.05) is 6.54 Å². The van der Waals surface area contributed by atoms with E-state index in [-0.39, 0.29) is 36.1 Å². The molecule has 0 spiro atoms. The molecule has 35 heavy (non-hydrogen) atoms. The lowest BCUT2D eigenvalue weighted by atomic mass is 9.84. The normalized spacial score (nSPS) is 22.7. The minimum atomic E-state index is -4.26. The second-order valence-electron chi connectivity index (χ2n) is 9.12. The quantitative estimate of drug-likeness (QED) is 0.300. The van der Waals surface area contributed by atoms with Crippen molar-refractivity contribution in [1.29, 1.82) is 0 Å². The van der Waals surface area contributed by atoms with Crippen molar-refractivity contribution < 1.29 is 27.5 Å². The molecule has 2 aliphatic rings. The average molecular weight is 502 g/mol. The van der Waals surface area contributed by atoms with Crippen LogP contribution in [0, 0.1) is 11.7 Å². The number of aromatic carboxylic acids is 1. The molecule has 2 aliphatic heterocycles. The summed E-state index contributed by atoms with van der Waals surface area (Å²) in [5.41, 5.74) is 2.42. The van der Waals surface area contributed by atoms with Crippen LogP contribution in [0.5, 0.6) is 0 Å². The van der Waals surface area contributed by atoms with E-state index in [0.717, 1.165) is 11.1 Å². The van der Waals surface area contributed by atoms with Gasteiger partial charge in [0.1, 0.15) is 5.82 Å². The highest BCUT2D eigenvalue weighted by Crippen LogP contribution is 2.48. The summed E-state index contributed by atoms with van der Waals surface area (Å²) in [4.78, 5) is 12.1. The lowest BCUT2D eigenvalue weighted by Gasteiger charge is -2.31. The Morgan fingerprint density at radius 3 is 2.49 bits per heavy atom. The third-order valence-corrected chi connectivity index (χ3v) is 8.16. The molecule has 0 bridgehead atoms. The van der Waals surface area contributed by atoms with Gasteiger partial charge in [-0.2, -0.15) is 13.2 Å². The van der Waals surface area contributed by atoms with Crippen molar-refractivity contribution in [1.82, 2.24) is 4.31 Å². The summed E-state index contributed by atoms with van der Waals surface area (Å²) in [5, 5.41) is 9.34. The Bertz CT molecular complexity index is 1250. The van der Waals surface area contributed by atoms with Gasteiger partial charge in [-0.25, -0.2) is 13.5 Å². The first-order chi connectivity index (χ1) is 16.7. The molecule has 0 aromatic heterocycles. The van der Waals surface area contributed by atoms with Gasteiger partial charge >= 0.3 is 12.1 Å². The SMILES string of the molecule is O=C(O)c1cccc(-c2cc3c(cc2F)C(c2ccccc2)CCC2C[C@@H](C(F)(F)F)CN2S3)c1. The molecule has 182 valence electrons. The summed E-state index contributed by atoms with van der Waals surface area (Å²) in [6.45, 7) is -0.102. The van der Waals surface area contributed by atoms with E-state index < -0.39 is 23.9 Å². The summed E-state index contributed by atoms with van der Waals surface area (Å²) in [6.07, 6.45) is -3.00.